The van der Waals surface area contributed by atoms with Crippen molar-refractivity contribution in [3.8, 4) is 17.3 Å². The third kappa shape index (κ3) is 4.38. The fraction of sp³-hybridized carbons (Fsp3) is 0.417. The summed E-state index contributed by atoms with van der Waals surface area (Å²) in [6.07, 6.45) is 6.27. The van der Waals surface area contributed by atoms with Crippen molar-refractivity contribution in [1.29, 1.82) is 5.26 Å². The number of aromatic nitrogens is 2. The molecular formula is C24H27FN4S. The molecule has 0 radical (unpaired) electrons. The van der Waals surface area contributed by atoms with Crippen LogP contribution >= 0.6 is 11.9 Å². The maximum Gasteiger partial charge on any atom is 0.133 e. The van der Waals surface area contributed by atoms with E-state index in [1.165, 1.54) is 12.8 Å². The summed E-state index contributed by atoms with van der Waals surface area (Å²) in [6, 6.07) is 9.06. The zero-order chi connectivity index (χ0) is 21.5. The average molecular weight is 423 g/mol. The standard InChI is InChI=1S/C24H27FN4S/c1-15(28-30-17-7-8-17)20-13-29(14-24(2,3)4)22-11-19(21(25)10-18(20)22)23-16(12-26)6-5-9-27-23/h5-6,9-11,13,15,17,28H,7-8,14H2,1-4H3. The van der Waals surface area contributed by atoms with Crippen molar-refractivity contribution in [1.82, 2.24) is 14.3 Å². The van der Waals surface area contributed by atoms with Crippen LogP contribution in [-0.4, -0.2) is 14.8 Å². The fourth-order valence-corrected chi connectivity index (χ4v) is 4.56. The SMILES string of the molecule is CC(NSC1CC1)c1cn(CC(C)(C)C)c2cc(-c3ncccc3C#N)c(F)cc12. The van der Waals surface area contributed by atoms with Gasteiger partial charge >= 0.3 is 0 Å². The van der Waals surface area contributed by atoms with Gasteiger partial charge in [0, 0.05) is 46.7 Å². The van der Waals surface area contributed by atoms with Gasteiger partial charge in [0.2, 0.25) is 0 Å². The van der Waals surface area contributed by atoms with E-state index in [0.717, 1.165) is 23.0 Å². The normalized spacial score (nSPS) is 15.3. The topological polar surface area (TPSA) is 53.6 Å². The lowest BCUT2D eigenvalue weighted by Gasteiger charge is -2.20. The average Bonchev–Trinajstić information content (AvgIpc) is 3.47. The van der Waals surface area contributed by atoms with E-state index in [1.54, 1.807) is 36.3 Å². The van der Waals surface area contributed by atoms with Gasteiger partial charge in [0.05, 0.1) is 11.3 Å². The van der Waals surface area contributed by atoms with Crippen LogP contribution in [0, 0.1) is 22.6 Å². The molecule has 1 aliphatic carbocycles. The number of nitriles is 1. The van der Waals surface area contributed by atoms with Gasteiger partial charge in [0.1, 0.15) is 11.9 Å². The highest BCUT2D eigenvalue weighted by Gasteiger charge is 2.25. The predicted octanol–water partition coefficient (Wildman–Crippen LogP) is 6.22. The molecule has 2 aromatic heterocycles. The van der Waals surface area contributed by atoms with Gasteiger partial charge < -0.3 is 4.57 Å². The summed E-state index contributed by atoms with van der Waals surface area (Å²) in [5.74, 6) is -0.352. The molecular weight excluding hydrogens is 395 g/mol. The fourth-order valence-electron chi connectivity index (χ4n) is 3.66. The Kier molecular flexibility index (Phi) is 5.61. The molecule has 1 fully saturated rings. The van der Waals surface area contributed by atoms with Crippen LogP contribution in [0.1, 0.15) is 57.7 Å². The third-order valence-electron chi connectivity index (χ3n) is 5.23. The molecule has 0 amide bonds. The lowest BCUT2D eigenvalue weighted by atomic mass is 9.96. The van der Waals surface area contributed by atoms with E-state index < -0.39 is 0 Å². The van der Waals surface area contributed by atoms with Crippen molar-refractivity contribution < 1.29 is 4.39 Å². The molecule has 4 rings (SSSR count). The highest BCUT2D eigenvalue weighted by molar-refractivity contribution is 7.98. The molecule has 6 heteroatoms. The largest absolute Gasteiger partial charge is 0.347 e. The van der Waals surface area contributed by atoms with Gasteiger partial charge in [-0.3, -0.25) is 9.71 Å². The Labute approximate surface area is 181 Å². The maximum absolute atomic E-state index is 15.3. The maximum atomic E-state index is 15.3. The number of nitrogens with one attached hydrogen (secondary N) is 1. The number of halogens is 1. The summed E-state index contributed by atoms with van der Waals surface area (Å²) >= 11 is 1.79. The number of hydrogen-bond acceptors (Lipinski definition) is 4. The molecule has 1 atom stereocenters. The Morgan fingerprint density at radius 3 is 2.80 bits per heavy atom. The summed E-state index contributed by atoms with van der Waals surface area (Å²) in [5, 5.41) is 11.1. The Bertz CT molecular complexity index is 1120. The van der Waals surface area contributed by atoms with Gasteiger partial charge in [-0.05, 0) is 55.0 Å². The zero-order valence-electron chi connectivity index (χ0n) is 17.9. The van der Waals surface area contributed by atoms with Crippen molar-refractivity contribution in [3.63, 3.8) is 0 Å². The van der Waals surface area contributed by atoms with Gasteiger partial charge in [-0.15, -0.1) is 0 Å². The molecule has 1 saturated carbocycles. The third-order valence-corrected chi connectivity index (χ3v) is 6.53. The summed E-state index contributed by atoms with van der Waals surface area (Å²) in [7, 11) is 0. The van der Waals surface area contributed by atoms with Crippen LogP contribution in [0.2, 0.25) is 0 Å². The van der Waals surface area contributed by atoms with E-state index in [0.29, 0.717) is 22.1 Å². The van der Waals surface area contributed by atoms with Crippen molar-refractivity contribution in [2.24, 2.45) is 5.41 Å². The summed E-state index contributed by atoms with van der Waals surface area (Å²) in [6.45, 7) is 9.52. The Hall–Kier alpha value is -2.36. The van der Waals surface area contributed by atoms with Crippen LogP contribution in [0.15, 0.2) is 36.7 Å². The van der Waals surface area contributed by atoms with Gasteiger partial charge in [-0.1, -0.05) is 32.7 Å². The number of nitrogens with zero attached hydrogens (tertiary/aromatic N) is 3. The van der Waals surface area contributed by atoms with Crippen LogP contribution in [0.5, 0.6) is 0 Å². The predicted molar refractivity (Wildman–Crippen MR) is 121 cm³/mol. The first-order valence-electron chi connectivity index (χ1n) is 10.4. The molecule has 0 aliphatic heterocycles. The Morgan fingerprint density at radius 1 is 1.37 bits per heavy atom. The van der Waals surface area contributed by atoms with Gasteiger partial charge in [0.25, 0.3) is 0 Å². The highest BCUT2D eigenvalue weighted by atomic mass is 32.2. The summed E-state index contributed by atoms with van der Waals surface area (Å²) in [4.78, 5) is 4.30. The summed E-state index contributed by atoms with van der Waals surface area (Å²) in [5.41, 5.74) is 3.26. The van der Waals surface area contributed by atoms with Crippen molar-refractivity contribution >= 4 is 22.9 Å². The molecule has 1 unspecified atom stereocenters. The molecule has 156 valence electrons. The van der Waals surface area contributed by atoms with E-state index in [1.807, 2.05) is 6.07 Å². The molecule has 0 spiro atoms. The molecule has 1 N–H and O–H groups in total. The Balaban J connectivity index is 1.84. The Morgan fingerprint density at radius 2 is 2.13 bits per heavy atom. The number of benzene rings is 1. The second-order valence-corrected chi connectivity index (χ2v) is 10.4. The first-order valence-corrected chi connectivity index (χ1v) is 11.2. The number of rotatable bonds is 6. The van der Waals surface area contributed by atoms with E-state index in [2.05, 4.69) is 54.2 Å². The highest BCUT2D eigenvalue weighted by Crippen LogP contribution is 2.37. The van der Waals surface area contributed by atoms with Crippen LogP contribution in [0.25, 0.3) is 22.2 Å². The quantitative estimate of drug-likeness (QED) is 0.479. The van der Waals surface area contributed by atoms with Crippen molar-refractivity contribution in [2.75, 3.05) is 0 Å². The van der Waals surface area contributed by atoms with E-state index in [-0.39, 0.29) is 17.3 Å². The van der Waals surface area contributed by atoms with Crippen molar-refractivity contribution in [3.05, 3.63) is 53.6 Å². The molecule has 0 bridgehead atoms. The smallest absolute Gasteiger partial charge is 0.133 e. The lowest BCUT2D eigenvalue weighted by molar-refractivity contribution is 0.349. The zero-order valence-corrected chi connectivity index (χ0v) is 18.7. The second-order valence-electron chi connectivity index (χ2n) is 9.29. The summed E-state index contributed by atoms with van der Waals surface area (Å²) < 4.78 is 21.0. The minimum absolute atomic E-state index is 0.0695. The minimum Gasteiger partial charge on any atom is -0.347 e. The first-order chi connectivity index (χ1) is 14.3. The molecule has 1 aromatic carbocycles. The van der Waals surface area contributed by atoms with Crippen molar-refractivity contribution in [2.45, 2.75) is 58.4 Å². The van der Waals surface area contributed by atoms with Crippen LogP contribution < -0.4 is 4.72 Å². The molecule has 4 nitrogen and oxygen atoms in total. The number of fused-ring (bicyclic) bond motifs is 1. The number of pyridine rings is 1. The molecule has 30 heavy (non-hydrogen) atoms. The van der Waals surface area contributed by atoms with E-state index >= 15 is 4.39 Å². The molecule has 1 aliphatic rings. The van der Waals surface area contributed by atoms with E-state index in [9.17, 15) is 5.26 Å². The molecule has 2 heterocycles. The monoisotopic (exact) mass is 422 g/mol. The van der Waals surface area contributed by atoms with Crippen LogP contribution in [0.4, 0.5) is 4.39 Å². The van der Waals surface area contributed by atoms with Gasteiger partial charge in [-0.2, -0.15) is 5.26 Å². The van der Waals surface area contributed by atoms with Crippen LogP contribution in [-0.2, 0) is 6.54 Å². The van der Waals surface area contributed by atoms with E-state index in [4.69, 9.17) is 0 Å². The van der Waals surface area contributed by atoms with Gasteiger partial charge in [-0.25, -0.2) is 4.39 Å². The second kappa shape index (κ2) is 8.05. The number of hydrogen-bond donors (Lipinski definition) is 1. The lowest BCUT2D eigenvalue weighted by Crippen LogP contribution is -2.15. The van der Waals surface area contributed by atoms with Crippen LogP contribution in [0.3, 0.4) is 0 Å². The minimum atomic E-state index is -0.352. The molecule has 0 saturated heterocycles. The first kappa shape index (κ1) is 20.9. The molecule has 3 aromatic rings. The van der Waals surface area contributed by atoms with Gasteiger partial charge in [0.15, 0.2) is 0 Å².